The van der Waals surface area contributed by atoms with Gasteiger partial charge in [0.2, 0.25) is 5.91 Å². The number of amides is 2. The lowest BCUT2D eigenvalue weighted by atomic mass is 10.2. The van der Waals surface area contributed by atoms with Crippen LogP contribution in [0.1, 0.15) is 16.1 Å². The summed E-state index contributed by atoms with van der Waals surface area (Å²) >= 11 is 1.03. The molecule has 0 radical (unpaired) electrons. The van der Waals surface area contributed by atoms with Crippen molar-refractivity contribution in [1.29, 1.82) is 0 Å². The van der Waals surface area contributed by atoms with E-state index in [1.807, 2.05) is 0 Å². The van der Waals surface area contributed by atoms with Crippen LogP contribution < -0.4 is 11.1 Å². The van der Waals surface area contributed by atoms with Gasteiger partial charge in [0.15, 0.2) is 0 Å². The Kier molecular flexibility index (Phi) is 4.18. The Labute approximate surface area is 122 Å². The number of thiophene rings is 1. The maximum absolute atomic E-state index is 13.1. The molecule has 0 fully saturated rings. The number of primary amides is 1. The summed E-state index contributed by atoms with van der Waals surface area (Å²) in [6.45, 7) is 0. The summed E-state index contributed by atoms with van der Waals surface area (Å²) in [6, 6.07) is 4.21. The third kappa shape index (κ3) is 3.54. The molecule has 2 amide bonds. The summed E-state index contributed by atoms with van der Waals surface area (Å²) in [6.07, 6.45) is -0.499. The molecule has 0 saturated carbocycles. The highest BCUT2D eigenvalue weighted by molar-refractivity contribution is 7.20. The number of rotatable bonds is 5. The van der Waals surface area contributed by atoms with Gasteiger partial charge in [-0.2, -0.15) is 0 Å². The van der Waals surface area contributed by atoms with E-state index in [0.717, 1.165) is 11.3 Å². The van der Waals surface area contributed by atoms with Crippen molar-refractivity contribution in [1.82, 2.24) is 5.32 Å². The van der Waals surface area contributed by atoms with Crippen LogP contribution in [-0.4, -0.2) is 28.9 Å². The number of halogens is 1. The van der Waals surface area contributed by atoms with Crippen LogP contribution in [0, 0.1) is 5.82 Å². The van der Waals surface area contributed by atoms with E-state index in [1.54, 1.807) is 0 Å². The van der Waals surface area contributed by atoms with E-state index in [4.69, 9.17) is 10.8 Å². The number of carbonyl (C=O) groups excluding carboxylic acids is 2. The third-order valence-electron chi connectivity index (χ3n) is 2.71. The number of nitrogens with one attached hydrogen (secondary N) is 1. The average molecular weight is 310 g/mol. The topological polar surface area (TPSA) is 109 Å². The number of carboxylic acid groups (broad SMARTS) is 1. The Hall–Kier alpha value is -2.48. The Morgan fingerprint density at radius 3 is 2.67 bits per heavy atom. The lowest BCUT2D eigenvalue weighted by molar-refractivity contribution is -0.140. The number of aliphatic carboxylic acids is 1. The molecule has 6 nitrogen and oxygen atoms in total. The minimum Gasteiger partial charge on any atom is -0.480 e. The quantitative estimate of drug-likeness (QED) is 0.768. The molecular formula is C13H11FN2O4S. The molecule has 2 rings (SSSR count). The second kappa shape index (κ2) is 5.88. The standard InChI is InChI=1S/C13H11FN2O4S/c14-7-2-1-6-3-10(21-9(6)4-7)12(18)16-8(13(19)20)5-11(15)17/h1-4,8H,5H2,(H2,15,17)(H,16,18)(H,19,20)/t8-/m0/s1. The first kappa shape index (κ1) is 14.9. The van der Waals surface area contributed by atoms with E-state index in [0.29, 0.717) is 10.1 Å². The fourth-order valence-corrected chi connectivity index (χ4v) is 2.74. The first-order valence-corrected chi connectivity index (χ1v) is 6.69. The zero-order valence-electron chi connectivity index (χ0n) is 10.6. The van der Waals surface area contributed by atoms with E-state index in [9.17, 15) is 18.8 Å². The van der Waals surface area contributed by atoms with Gasteiger partial charge in [-0.3, -0.25) is 9.59 Å². The summed E-state index contributed by atoms with van der Waals surface area (Å²) in [5.74, 6) is -3.26. The summed E-state index contributed by atoms with van der Waals surface area (Å²) in [5, 5.41) is 11.8. The molecule has 1 heterocycles. The van der Waals surface area contributed by atoms with Crippen molar-refractivity contribution in [2.75, 3.05) is 0 Å². The summed E-state index contributed by atoms with van der Waals surface area (Å²) < 4.78 is 13.7. The van der Waals surface area contributed by atoms with Gasteiger partial charge in [-0.1, -0.05) is 6.07 Å². The molecule has 1 aromatic heterocycles. The molecule has 0 aliphatic heterocycles. The molecule has 0 spiro atoms. The van der Waals surface area contributed by atoms with Gasteiger partial charge in [-0.15, -0.1) is 11.3 Å². The number of hydrogen-bond donors (Lipinski definition) is 3. The van der Waals surface area contributed by atoms with Crippen LogP contribution in [0.2, 0.25) is 0 Å². The van der Waals surface area contributed by atoms with Crippen LogP contribution in [0.25, 0.3) is 10.1 Å². The number of carbonyl (C=O) groups is 3. The van der Waals surface area contributed by atoms with Crippen LogP contribution in [0.15, 0.2) is 24.3 Å². The normalized spacial score (nSPS) is 12.0. The highest BCUT2D eigenvalue weighted by Gasteiger charge is 2.23. The molecule has 1 atom stereocenters. The van der Waals surface area contributed by atoms with Crippen molar-refractivity contribution in [3.8, 4) is 0 Å². The SMILES string of the molecule is NC(=O)C[C@H](NC(=O)c1cc2ccc(F)cc2s1)C(=O)O. The van der Waals surface area contributed by atoms with Gasteiger partial charge in [0, 0.05) is 4.70 Å². The first-order chi connectivity index (χ1) is 9.86. The third-order valence-corrected chi connectivity index (χ3v) is 3.81. The minimum absolute atomic E-state index is 0.228. The Bertz CT molecular complexity index is 728. The Morgan fingerprint density at radius 1 is 1.33 bits per heavy atom. The predicted molar refractivity (Wildman–Crippen MR) is 74.5 cm³/mol. The zero-order valence-corrected chi connectivity index (χ0v) is 11.4. The van der Waals surface area contributed by atoms with Crippen LogP contribution in [0.4, 0.5) is 4.39 Å². The molecule has 8 heteroatoms. The number of hydrogen-bond acceptors (Lipinski definition) is 4. The predicted octanol–water partition coefficient (Wildman–Crippen LogP) is 1.10. The molecule has 1 aromatic carbocycles. The fraction of sp³-hybridized carbons (Fsp3) is 0.154. The molecule has 0 aliphatic carbocycles. The molecule has 4 N–H and O–H groups in total. The van der Waals surface area contributed by atoms with Crippen LogP contribution >= 0.6 is 11.3 Å². The maximum Gasteiger partial charge on any atom is 0.326 e. The van der Waals surface area contributed by atoms with E-state index >= 15 is 0 Å². The van der Waals surface area contributed by atoms with Gasteiger partial charge >= 0.3 is 5.97 Å². The molecular weight excluding hydrogens is 299 g/mol. The molecule has 0 unspecified atom stereocenters. The second-order valence-corrected chi connectivity index (χ2v) is 5.41. The van der Waals surface area contributed by atoms with E-state index in [2.05, 4.69) is 5.32 Å². The van der Waals surface area contributed by atoms with Gasteiger partial charge in [0.1, 0.15) is 11.9 Å². The van der Waals surface area contributed by atoms with E-state index < -0.39 is 36.1 Å². The van der Waals surface area contributed by atoms with Crippen molar-refractivity contribution < 1.29 is 23.9 Å². The first-order valence-electron chi connectivity index (χ1n) is 5.88. The lowest BCUT2D eigenvalue weighted by Crippen LogP contribution is -2.43. The largest absolute Gasteiger partial charge is 0.480 e. The van der Waals surface area contributed by atoms with Crippen molar-refractivity contribution in [2.24, 2.45) is 5.73 Å². The van der Waals surface area contributed by atoms with Gasteiger partial charge < -0.3 is 16.2 Å². The molecule has 2 aromatic rings. The van der Waals surface area contributed by atoms with Crippen molar-refractivity contribution >= 4 is 39.2 Å². The summed E-state index contributed by atoms with van der Waals surface area (Å²) in [5.41, 5.74) is 4.93. The van der Waals surface area contributed by atoms with E-state index in [-0.39, 0.29) is 4.88 Å². The highest BCUT2D eigenvalue weighted by atomic mass is 32.1. The van der Waals surface area contributed by atoms with Crippen LogP contribution in [0.5, 0.6) is 0 Å². The molecule has 21 heavy (non-hydrogen) atoms. The van der Waals surface area contributed by atoms with Gasteiger partial charge in [0.25, 0.3) is 5.91 Å². The lowest BCUT2D eigenvalue weighted by Gasteiger charge is -2.11. The van der Waals surface area contributed by atoms with Crippen LogP contribution in [0.3, 0.4) is 0 Å². The molecule has 0 aliphatic rings. The fourth-order valence-electron chi connectivity index (χ4n) is 1.75. The number of benzene rings is 1. The van der Waals surface area contributed by atoms with E-state index in [1.165, 1.54) is 24.3 Å². The monoisotopic (exact) mass is 310 g/mol. The number of fused-ring (bicyclic) bond motifs is 1. The molecule has 110 valence electrons. The van der Waals surface area contributed by atoms with Crippen molar-refractivity contribution in [3.05, 3.63) is 35.0 Å². The summed E-state index contributed by atoms with van der Waals surface area (Å²) in [4.78, 5) is 33.9. The average Bonchev–Trinajstić information content (AvgIpc) is 2.80. The smallest absolute Gasteiger partial charge is 0.326 e. The summed E-state index contributed by atoms with van der Waals surface area (Å²) in [7, 11) is 0. The highest BCUT2D eigenvalue weighted by Crippen LogP contribution is 2.26. The number of carboxylic acids is 1. The van der Waals surface area contributed by atoms with Crippen molar-refractivity contribution in [2.45, 2.75) is 12.5 Å². The number of nitrogens with two attached hydrogens (primary N) is 1. The van der Waals surface area contributed by atoms with Crippen molar-refractivity contribution in [3.63, 3.8) is 0 Å². The Morgan fingerprint density at radius 2 is 2.05 bits per heavy atom. The zero-order chi connectivity index (χ0) is 15.6. The maximum atomic E-state index is 13.1. The van der Waals surface area contributed by atoms with Gasteiger partial charge in [-0.05, 0) is 23.6 Å². The second-order valence-electron chi connectivity index (χ2n) is 4.33. The molecule has 0 bridgehead atoms. The van der Waals surface area contributed by atoms with Gasteiger partial charge in [-0.25, -0.2) is 9.18 Å². The van der Waals surface area contributed by atoms with Crippen LogP contribution in [-0.2, 0) is 9.59 Å². The van der Waals surface area contributed by atoms with Gasteiger partial charge in [0.05, 0.1) is 11.3 Å². The minimum atomic E-state index is -1.39. The Balaban J connectivity index is 2.20. The molecule has 0 saturated heterocycles.